The topological polar surface area (TPSA) is 76.9 Å². The van der Waals surface area contributed by atoms with E-state index in [1.165, 1.54) is 6.92 Å². The molecule has 20 heavy (non-hydrogen) atoms. The molecule has 0 unspecified atom stereocenters. The molecular weight excluding hydrogens is 256 g/mol. The summed E-state index contributed by atoms with van der Waals surface area (Å²) in [5, 5.41) is 10.2. The van der Waals surface area contributed by atoms with Gasteiger partial charge in [0.2, 0.25) is 5.91 Å². The van der Waals surface area contributed by atoms with E-state index in [9.17, 15) is 9.59 Å². The summed E-state index contributed by atoms with van der Waals surface area (Å²) in [5.41, 5.74) is 2.66. The Labute approximate surface area is 116 Å². The molecule has 0 aliphatic rings. The molecular formula is C14H16N4O2. The molecule has 0 bridgehead atoms. The number of nitrogens with zero attached hydrogens (tertiary/aromatic N) is 3. The first-order valence-corrected chi connectivity index (χ1v) is 6.32. The van der Waals surface area contributed by atoms with Crippen molar-refractivity contribution in [1.29, 1.82) is 0 Å². The van der Waals surface area contributed by atoms with Crippen molar-refractivity contribution in [3.05, 3.63) is 40.6 Å². The molecule has 0 aliphatic heterocycles. The molecule has 2 aromatic rings. The zero-order chi connectivity index (χ0) is 14.7. The fourth-order valence-corrected chi connectivity index (χ4v) is 2.18. The number of rotatable bonds is 3. The lowest BCUT2D eigenvalue weighted by molar-refractivity contribution is -0.114. The fraction of sp³-hybridized carbons (Fsp3) is 0.286. The molecule has 1 amide bonds. The second-order valence-corrected chi connectivity index (χ2v) is 4.45. The number of hydrogen-bond acceptors (Lipinski definition) is 4. The fourth-order valence-electron chi connectivity index (χ4n) is 2.18. The number of aromatic nitrogens is 3. The Morgan fingerprint density at radius 3 is 2.70 bits per heavy atom. The Morgan fingerprint density at radius 2 is 2.15 bits per heavy atom. The van der Waals surface area contributed by atoms with Crippen LogP contribution in [0.3, 0.4) is 0 Å². The van der Waals surface area contributed by atoms with Crippen LogP contribution in [0, 0.1) is 0 Å². The Balaban J connectivity index is 2.69. The minimum atomic E-state index is -0.273. The number of hydrogen-bond donors (Lipinski definition) is 1. The largest absolute Gasteiger partial charge is 0.322 e. The molecule has 0 atom stereocenters. The number of anilines is 1. The van der Waals surface area contributed by atoms with Crippen LogP contribution in [-0.4, -0.2) is 20.7 Å². The number of pyridine rings is 1. The molecule has 2 heterocycles. The van der Waals surface area contributed by atoms with Crippen LogP contribution in [0.25, 0.3) is 11.1 Å². The molecule has 0 radical (unpaired) electrons. The van der Waals surface area contributed by atoms with Crippen molar-refractivity contribution in [1.82, 2.24) is 14.8 Å². The molecule has 6 nitrogen and oxygen atoms in total. The van der Waals surface area contributed by atoms with E-state index in [4.69, 9.17) is 0 Å². The number of nitrogens with one attached hydrogen (secondary N) is 1. The van der Waals surface area contributed by atoms with E-state index in [1.807, 2.05) is 13.0 Å². The zero-order valence-corrected chi connectivity index (χ0v) is 11.7. The van der Waals surface area contributed by atoms with Gasteiger partial charge in [-0.3, -0.25) is 9.59 Å². The highest BCUT2D eigenvalue weighted by Gasteiger charge is 2.13. The van der Waals surface area contributed by atoms with E-state index < -0.39 is 0 Å². The third kappa shape index (κ3) is 2.59. The van der Waals surface area contributed by atoms with Crippen molar-refractivity contribution in [2.75, 3.05) is 5.32 Å². The first-order valence-electron chi connectivity index (χ1n) is 6.32. The lowest BCUT2D eigenvalue weighted by Gasteiger charge is -2.15. The Kier molecular flexibility index (Phi) is 3.93. The Bertz CT molecular complexity index is 692. The summed E-state index contributed by atoms with van der Waals surface area (Å²) in [4.78, 5) is 23.4. The second-order valence-electron chi connectivity index (χ2n) is 4.45. The van der Waals surface area contributed by atoms with Crippen molar-refractivity contribution in [2.45, 2.75) is 20.3 Å². The van der Waals surface area contributed by atoms with Crippen LogP contribution in [0.2, 0.25) is 0 Å². The summed E-state index contributed by atoms with van der Waals surface area (Å²) in [5.74, 6) is -0.273. The molecule has 6 heteroatoms. The Hall–Kier alpha value is -2.50. The summed E-state index contributed by atoms with van der Waals surface area (Å²) in [6.07, 6.45) is 3.93. The van der Waals surface area contributed by atoms with Gasteiger partial charge in [0.1, 0.15) is 5.69 Å². The number of carbonyl (C=O) groups excluding carboxylic acids is 1. The van der Waals surface area contributed by atoms with E-state index >= 15 is 0 Å². The van der Waals surface area contributed by atoms with Crippen LogP contribution in [-0.2, 0) is 18.3 Å². The van der Waals surface area contributed by atoms with Gasteiger partial charge in [-0.2, -0.15) is 10.2 Å². The second kappa shape index (κ2) is 5.64. The first kappa shape index (κ1) is 13.9. The van der Waals surface area contributed by atoms with Gasteiger partial charge in [0, 0.05) is 30.8 Å². The van der Waals surface area contributed by atoms with Crippen LogP contribution in [0.1, 0.15) is 19.5 Å². The van der Waals surface area contributed by atoms with Crippen LogP contribution < -0.4 is 10.9 Å². The van der Waals surface area contributed by atoms with E-state index in [0.29, 0.717) is 6.42 Å². The summed E-state index contributed by atoms with van der Waals surface area (Å²) in [7, 11) is 1.70. The van der Waals surface area contributed by atoms with Crippen LogP contribution in [0.4, 0.5) is 5.69 Å². The van der Waals surface area contributed by atoms with Crippen LogP contribution in [0.15, 0.2) is 29.3 Å². The molecule has 0 aromatic carbocycles. The van der Waals surface area contributed by atoms with Gasteiger partial charge in [0.25, 0.3) is 5.56 Å². The number of carbonyl (C=O) groups is 1. The maximum absolute atomic E-state index is 12.2. The van der Waals surface area contributed by atoms with Gasteiger partial charge in [-0.05, 0) is 18.6 Å². The highest BCUT2D eigenvalue weighted by molar-refractivity contribution is 5.89. The van der Waals surface area contributed by atoms with Crippen molar-refractivity contribution in [3.8, 4) is 11.1 Å². The van der Waals surface area contributed by atoms with Crippen LogP contribution >= 0.6 is 0 Å². The van der Waals surface area contributed by atoms with Gasteiger partial charge in [-0.15, -0.1) is 0 Å². The average Bonchev–Trinajstić information content (AvgIpc) is 2.44. The van der Waals surface area contributed by atoms with Gasteiger partial charge >= 0.3 is 0 Å². The van der Waals surface area contributed by atoms with Gasteiger partial charge in [-0.1, -0.05) is 6.92 Å². The van der Waals surface area contributed by atoms with E-state index in [2.05, 4.69) is 15.5 Å². The van der Waals surface area contributed by atoms with Gasteiger partial charge in [0.05, 0.1) is 12.4 Å². The SMILES string of the molecule is CCc1c(-c2ccnnc2)cc(NC(C)=O)c(=O)n1C. The highest BCUT2D eigenvalue weighted by atomic mass is 16.2. The normalized spacial score (nSPS) is 10.3. The quantitative estimate of drug-likeness (QED) is 0.915. The monoisotopic (exact) mass is 272 g/mol. The minimum Gasteiger partial charge on any atom is -0.322 e. The van der Waals surface area contributed by atoms with Crippen molar-refractivity contribution in [3.63, 3.8) is 0 Å². The molecule has 0 fully saturated rings. The molecule has 2 rings (SSSR count). The summed E-state index contributed by atoms with van der Waals surface area (Å²) >= 11 is 0. The molecule has 2 aromatic heterocycles. The minimum absolute atomic E-state index is 0.220. The summed E-state index contributed by atoms with van der Waals surface area (Å²) in [6, 6.07) is 3.52. The smallest absolute Gasteiger partial charge is 0.274 e. The molecule has 104 valence electrons. The molecule has 0 spiro atoms. The average molecular weight is 272 g/mol. The zero-order valence-electron chi connectivity index (χ0n) is 11.7. The van der Waals surface area contributed by atoms with Crippen molar-refractivity contribution in [2.24, 2.45) is 7.05 Å². The molecule has 0 saturated carbocycles. The highest BCUT2D eigenvalue weighted by Crippen LogP contribution is 2.24. The summed E-state index contributed by atoms with van der Waals surface area (Å²) in [6.45, 7) is 3.35. The molecule has 0 saturated heterocycles. The van der Waals surface area contributed by atoms with Gasteiger partial charge < -0.3 is 9.88 Å². The van der Waals surface area contributed by atoms with Crippen molar-refractivity contribution < 1.29 is 4.79 Å². The standard InChI is InChI=1S/C14H16N4O2/c1-4-13-11(10-5-6-15-16-8-10)7-12(17-9(2)19)14(20)18(13)3/h5-8H,4H2,1-3H3,(H,17,19). The number of amides is 1. The van der Waals surface area contributed by atoms with Gasteiger partial charge in [0.15, 0.2) is 0 Å². The predicted octanol–water partition coefficient (Wildman–Crippen LogP) is 1.36. The van der Waals surface area contributed by atoms with Gasteiger partial charge in [-0.25, -0.2) is 0 Å². The van der Waals surface area contributed by atoms with Crippen molar-refractivity contribution >= 4 is 11.6 Å². The maximum Gasteiger partial charge on any atom is 0.274 e. The lowest BCUT2D eigenvalue weighted by atomic mass is 10.0. The maximum atomic E-state index is 12.2. The lowest BCUT2D eigenvalue weighted by Crippen LogP contribution is -2.26. The van der Waals surface area contributed by atoms with Crippen LogP contribution in [0.5, 0.6) is 0 Å². The third-order valence-electron chi connectivity index (χ3n) is 3.08. The summed E-state index contributed by atoms with van der Waals surface area (Å²) < 4.78 is 1.56. The van der Waals surface area contributed by atoms with E-state index in [1.54, 1.807) is 30.1 Å². The Morgan fingerprint density at radius 1 is 1.40 bits per heavy atom. The molecule has 0 aliphatic carbocycles. The molecule has 1 N–H and O–H groups in total. The first-order chi connectivity index (χ1) is 9.54. The van der Waals surface area contributed by atoms with E-state index in [0.717, 1.165) is 16.8 Å². The predicted molar refractivity (Wildman–Crippen MR) is 76.4 cm³/mol. The third-order valence-corrected chi connectivity index (χ3v) is 3.08. The van der Waals surface area contributed by atoms with E-state index in [-0.39, 0.29) is 17.2 Å².